The van der Waals surface area contributed by atoms with E-state index in [1.165, 1.54) is 11.3 Å². The van der Waals surface area contributed by atoms with E-state index in [-0.39, 0.29) is 18.6 Å². The van der Waals surface area contributed by atoms with Gasteiger partial charge in [-0.1, -0.05) is 54.1 Å². The van der Waals surface area contributed by atoms with Crippen molar-refractivity contribution in [2.45, 2.75) is 26.2 Å². The van der Waals surface area contributed by atoms with Gasteiger partial charge in [0.1, 0.15) is 10.8 Å². The van der Waals surface area contributed by atoms with Gasteiger partial charge in [0.25, 0.3) is 0 Å². The van der Waals surface area contributed by atoms with Crippen LogP contribution < -0.4 is 0 Å². The number of carboxylic acid groups (broad SMARTS) is 1. The minimum absolute atomic E-state index is 0.0154. The zero-order chi connectivity index (χ0) is 19.2. The number of Topliss-reactive ketones (excluding diaryl/α,β-unsaturated/α-hetero) is 1. The molecule has 0 amide bonds. The largest absolute Gasteiger partial charge is 0.481 e. The minimum Gasteiger partial charge on any atom is -0.481 e. The van der Waals surface area contributed by atoms with Gasteiger partial charge in [-0.15, -0.1) is 11.3 Å². The van der Waals surface area contributed by atoms with Gasteiger partial charge in [0.05, 0.1) is 11.6 Å². The van der Waals surface area contributed by atoms with E-state index in [1.54, 1.807) is 0 Å². The zero-order valence-corrected chi connectivity index (χ0v) is 15.9. The number of aromatic nitrogens is 1. The first-order valence-electron chi connectivity index (χ1n) is 8.81. The summed E-state index contributed by atoms with van der Waals surface area (Å²) >= 11 is 1.50. The Morgan fingerprint density at radius 2 is 1.89 bits per heavy atom. The summed E-state index contributed by atoms with van der Waals surface area (Å²) in [6, 6.07) is 17.5. The Balaban J connectivity index is 1.63. The Morgan fingerprint density at radius 1 is 1.11 bits per heavy atom. The molecular weight excluding hydrogens is 358 g/mol. The lowest BCUT2D eigenvalue weighted by Gasteiger charge is -2.11. The van der Waals surface area contributed by atoms with Crippen molar-refractivity contribution in [3.8, 4) is 10.6 Å². The molecule has 0 fully saturated rings. The first-order chi connectivity index (χ1) is 13.0. The number of hydrogen-bond acceptors (Lipinski definition) is 4. The molecule has 27 heavy (non-hydrogen) atoms. The molecule has 0 spiro atoms. The normalized spacial score (nSPS) is 11.9. The molecule has 0 radical (unpaired) electrons. The number of carbonyl (C=O) groups is 2. The molecule has 0 aliphatic carbocycles. The molecule has 0 aliphatic rings. The van der Waals surface area contributed by atoms with Gasteiger partial charge in [0.2, 0.25) is 0 Å². The second-order valence-electron chi connectivity index (χ2n) is 6.66. The second-order valence-corrected chi connectivity index (χ2v) is 7.52. The molecule has 138 valence electrons. The SMILES string of the molecule is Cc1cccc(-c2nc(CC(=O)C[C@@H](Cc3ccccc3)C(=O)O)cs2)c1. The van der Waals surface area contributed by atoms with E-state index in [0.29, 0.717) is 12.1 Å². The summed E-state index contributed by atoms with van der Waals surface area (Å²) in [5, 5.41) is 12.2. The summed E-state index contributed by atoms with van der Waals surface area (Å²) in [5.41, 5.74) is 3.81. The molecule has 2 aromatic carbocycles. The quantitative estimate of drug-likeness (QED) is 0.623. The first kappa shape index (κ1) is 19.0. The van der Waals surface area contributed by atoms with E-state index in [1.807, 2.05) is 60.8 Å². The van der Waals surface area contributed by atoms with Crippen LogP contribution >= 0.6 is 11.3 Å². The van der Waals surface area contributed by atoms with Crippen LogP contribution in [0.2, 0.25) is 0 Å². The number of aryl methyl sites for hydroxylation is 1. The van der Waals surface area contributed by atoms with Crippen LogP contribution in [0.4, 0.5) is 0 Å². The molecule has 0 bridgehead atoms. The third-order valence-electron chi connectivity index (χ3n) is 4.34. The number of rotatable bonds is 8. The molecule has 0 aliphatic heterocycles. The lowest BCUT2D eigenvalue weighted by molar-refractivity contribution is -0.143. The van der Waals surface area contributed by atoms with E-state index in [4.69, 9.17) is 0 Å². The molecule has 0 unspecified atom stereocenters. The standard InChI is InChI=1S/C22H21NO3S/c1-15-6-5-9-17(10-15)21-23-19(14-27-21)13-20(24)12-18(22(25)26)11-16-7-3-2-4-8-16/h2-10,14,18H,11-13H2,1H3,(H,25,26)/t18-/m1/s1. The Hall–Kier alpha value is -2.79. The van der Waals surface area contributed by atoms with Crippen LogP contribution in [-0.4, -0.2) is 21.8 Å². The highest BCUT2D eigenvalue weighted by Gasteiger charge is 2.22. The maximum Gasteiger partial charge on any atom is 0.307 e. The summed E-state index contributed by atoms with van der Waals surface area (Å²) in [7, 11) is 0. The Bertz CT molecular complexity index is 933. The average molecular weight is 379 g/mol. The fraction of sp³-hybridized carbons (Fsp3) is 0.227. The number of nitrogens with zero attached hydrogens (tertiary/aromatic N) is 1. The molecule has 1 N–H and O–H groups in total. The topological polar surface area (TPSA) is 67.3 Å². The van der Waals surface area contributed by atoms with Gasteiger partial charge >= 0.3 is 5.97 Å². The van der Waals surface area contributed by atoms with Crippen molar-refractivity contribution in [3.05, 3.63) is 76.8 Å². The molecular formula is C22H21NO3S. The van der Waals surface area contributed by atoms with E-state index in [9.17, 15) is 14.7 Å². The summed E-state index contributed by atoms with van der Waals surface area (Å²) in [5.74, 6) is -1.75. The van der Waals surface area contributed by atoms with Crippen molar-refractivity contribution in [2.24, 2.45) is 5.92 Å². The molecule has 0 saturated carbocycles. The predicted octanol–water partition coefficient (Wildman–Crippen LogP) is 4.56. The van der Waals surface area contributed by atoms with Crippen LogP contribution in [-0.2, 0) is 22.4 Å². The van der Waals surface area contributed by atoms with Crippen LogP contribution in [0, 0.1) is 12.8 Å². The third kappa shape index (κ3) is 5.34. The maximum atomic E-state index is 12.4. The molecule has 0 saturated heterocycles. The number of thiazole rings is 1. The van der Waals surface area contributed by atoms with Crippen molar-refractivity contribution in [1.29, 1.82) is 0 Å². The number of benzene rings is 2. The Morgan fingerprint density at radius 3 is 2.59 bits per heavy atom. The summed E-state index contributed by atoms with van der Waals surface area (Å²) in [4.78, 5) is 28.5. The maximum absolute atomic E-state index is 12.4. The van der Waals surface area contributed by atoms with E-state index < -0.39 is 11.9 Å². The zero-order valence-electron chi connectivity index (χ0n) is 15.1. The van der Waals surface area contributed by atoms with Crippen molar-refractivity contribution in [2.75, 3.05) is 0 Å². The molecule has 4 nitrogen and oxygen atoms in total. The predicted molar refractivity (Wildman–Crippen MR) is 107 cm³/mol. The van der Waals surface area contributed by atoms with Gasteiger partial charge in [0, 0.05) is 23.8 Å². The molecule has 5 heteroatoms. The van der Waals surface area contributed by atoms with Crippen LogP contribution in [0.1, 0.15) is 23.2 Å². The van der Waals surface area contributed by atoms with Crippen molar-refractivity contribution in [1.82, 2.24) is 4.98 Å². The lowest BCUT2D eigenvalue weighted by atomic mass is 9.93. The van der Waals surface area contributed by atoms with Crippen molar-refractivity contribution in [3.63, 3.8) is 0 Å². The highest BCUT2D eigenvalue weighted by molar-refractivity contribution is 7.13. The van der Waals surface area contributed by atoms with Gasteiger partial charge in [-0.25, -0.2) is 4.98 Å². The van der Waals surface area contributed by atoms with Gasteiger partial charge < -0.3 is 5.11 Å². The van der Waals surface area contributed by atoms with Crippen LogP contribution in [0.5, 0.6) is 0 Å². The van der Waals surface area contributed by atoms with E-state index in [0.717, 1.165) is 21.7 Å². The fourth-order valence-electron chi connectivity index (χ4n) is 2.99. The van der Waals surface area contributed by atoms with Crippen LogP contribution in [0.25, 0.3) is 10.6 Å². The average Bonchev–Trinajstić information content (AvgIpc) is 3.10. The second kappa shape index (κ2) is 8.73. The van der Waals surface area contributed by atoms with Crippen LogP contribution in [0.3, 0.4) is 0 Å². The molecule has 3 rings (SSSR count). The van der Waals surface area contributed by atoms with Gasteiger partial charge in [-0.2, -0.15) is 0 Å². The summed E-state index contributed by atoms with van der Waals surface area (Å²) in [6.07, 6.45) is 0.538. The van der Waals surface area contributed by atoms with Crippen LogP contribution in [0.15, 0.2) is 60.0 Å². The smallest absolute Gasteiger partial charge is 0.307 e. The van der Waals surface area contributed by atoms with Gasteiger partial charge in [-0.3, -0.25) is 9.59 Å². The van der Waals surface area contributed by atoms with Crippen molar-refractivity contribution < 1.29 is 14.7 Å². The molecule has 1 atom stereocenters. The number of aliphatic carboxylic acids is 1. The monoisotopic (exact) mass is 379 g/mol. The van der Waals surface area contributed by atoms with Gasteiger partial charge in [0.15, 0.2) is 0 Å². The number of carbonyl (C=O) groups excluding carboxylic acids is 1. The Labute approximate surface area is 162 Å². The fourth-order valence-corrected chi connectivity index (χ4v) is 3.81. The minimum atomic E-state index is -0.939. The molecule has 1 heterocycles. The molecule has 1 aromatic heterocycles. The molecule has 3 aromatic rings. The highest BCUT2D eigenvalue weighted by atomic mass is 32.1. The first-order valence-corrected chi connectivity index (χ1v) is 9.69. The number of hydrogen-bond donors (Lipinski definition) is 1. The summed E-state index contributed by atoms with van der Waals surface area (Å²) < 4.78 is 0. The number of carboxylic acids is 1. The third-order valence-corrected chi connectivity index (χ3v) is 5.28. The Kier molecular flexibility index (Phi) is 6.14. The van der Waals surface area contributed by atoms with E-state index >= 15 is 0 Å². The van der Waals surface area contributed by atoms with E-state index in [2.05, 4.69) is 11.1 Å². The number of ketones is 1. The van der Waals surface area contributed by atoms with Gasteiger partial charge in [-0.05, 0) is 25.0 Å². The lowest BCUT2D eigenvalue weighted by Crippen LogP contribution is -2.21. The van der Waals surface area contributed by atoms with Crippen molar-refractivity contribution >= 4 is 23.1 Å². The highest BCUT2D eigenvalue weighted by Crippen LogP contribution is 2.25. The summed E-state index contributed by atoms with van der Waals surface area (Å²) in [6.45, 7) is 2.03.